The Balaban J connectivity index is 1.30. The van der Waals surface area contributed by atoms with Crippen molar-refractivity contribution in [3.8, 4) is 10.6 Å². The molecule has 0 atom stereocenters. The van der Waals surface area contributed by atoms with Crippen molar-refractivity contribution < 1.29 is 13.2 Å². The van der Waals surface area contributed by atoms with E-state index >= 15 is 0 Å². The average Bonchev–Trinajstić information content (AvgIpc) is 3.49. The zero-order valence-electron chi connectivity index (χ0n) is 20.0. The molecule has 2 heterocycles. The highest BCUT2D eigenvalue weighted by Gasteiger charge is 2.25. The van der Waals surface area contributed by atoms with E-state index in [2.05, 4.69) is 16.1 Å². The minimum absolute atomic E-state index is 0.0846. The highest BCUT2D eigenvalue weighted by Crippen LogP contribution is 2.46. The maximum Gasteiger partial charge on any atom is 0.261 e. The minimum atomic E-state index is -3.83. The van der Waals surface area contributed by atoms with E-state index in [0.717, 1.165) is 51.5 Å². The van der Waals surface area contributed by atoms with Gasteiger partial charge in [-0.3, -0.25) is 9.52 Å². The van der Waals surface area contributed by atoms with Crippen molar-refractivity contribution in [2.45, 2.75) is 30.6 Å². The largest absolute Gasteiger partial charge is 0.313 e. The van der Waals surface area contributed by atoms with Gasteiger partial charge in [-0.05, 0) is 85.8 Å². The lowest BCUT2D eigenvalue weighted by atomic mass is 9.95. The number of anilines is 2. The van der Waals surface area contributed by atoms with Crippen LogP contribution in [0.5, 0.6) is 0 Å². The molecule has 2 aromatic heterocycles. The van der Waals surface area contributed by atoms with E-state index in [4.69, 9.17) is 16.6 Å². The van der Waals surface area contributed by atoms with Gasteiger partial charge in [-0.2, -0.15) is 0 Å². The second-order valence-corrected chi connectivity index (χ2v) is 13.3. The molecule has 6 nitrogen and oxygen atoms in total. The van der Waals surface area contributed by atoms with Crippen LogP contribution in [0.15, 0.2) is 77.7 Å². The summed E-state index contributed by atoms with van der Waals surface area (Å²) in [7, 11) is -3.83. The van der Waals surface area contributed by atoms with E-state index in [9.17, 15) is 13.2 Å². The summed E-state index contributed by atoms with van der Waals surface area (Å²) < 4.78 is 29.3. The molecule has 0 spiro atoms. The van der Waals surface area contributed by atoms with Gasteiger partial charge in [0.15, 0.2) is 0 Å². The number of para-hydroxylation sites is 1. The predicted molar refractivity (Wildman–Crippen MR) is 156 cm³/mol. The molecule has 1 aliphatic rings. The SMILES string of the molecule is O=C(Nc1sc2c(c1-c1nc3ccccc3s1)CCCC2)c1cccc(NS(=O)(=O)c2ccc(Cl)cc2)c1. The molecule has 10 heteroatoms. The van der Waals surface area contributed by atoms with Crippen LogP contribution in [-0.2, 0) is 22.9 Å². The van der Waals surface area contributed by atoms with Crippen LogP contribution in [0.25, 0.3) is 20.8 Å². The van der Waals surface area contributed by atoms with Crippen molar-refractivity contribution in [3.63, 3.8) is 0 Å². The molecule has 0 radical (unpaired) electrons. The number of carbonyl (C=O) groups is 1. The van der Waals surface area contributed by atoms with Crippen LogP contribution >= 0.6 is 34.3 Å². The molecule has 1 aliphatic carbocycles. The summed E-state index contributed by atoms with van der Waals surface area (Å²) in [6.45, 7) is 0. The van der Waals surface area contributed by atoms with E-state index in [-0.39, 0.29) is 10.8 Å². The molecule has 6 rings (SSSR count). The first kappa shape index (κ1) is 25.1. The number of benzene rings is 3. The topological polar surface area (TPSA) is 88.2 Å². The average molecular weight is 580 g/mol. The summed E-state index contributed by atoms with van der Waals surface area (Å²) in [6.07, 6.45) is 4.21. The monoisotopic (exact) mass is 579 g/mol. The van der Waals surface area contributed by atoms with Gasteiger partial charge in [0.2, 0.25) is 0 Å². The number of aromatic nitrogens is 1. The van der Waals surface area contributed by atoms with Gasteiger partial charge >= 0.3 is 0 Å². The Morgan fingerprint density at radius 2 is 1.71 bits per heavy atom. The van der Waals surface area contributed by atoms with Crippen molar-refractivity contribution in [1.29, 1.82) is 0 Å². The third kappa shape index (κ3) is 4.94. The number of nitrogens with zero attached hydrogens (tertiary/aromatic N) is 1. The second kappa shape index (κ2) is 10.1. The number of rotatable bonds is 6. The third-order valence-electron chi connectivity index (χ3n) is 6.41. The summed E-state index contributed by atoms with van der Waals surface area (Å²) in [5.41, 5.74) is 3.88. The normalized spacial score (nSPS) is 13.3. The number of aryl methyl sites for hydroxylation is 1. The molecule has 0 fully saturated rings. The predicted octanol–water partition coefficient (Wildman–Crippen LogP) is 7.61. The van der Waals surface area contributed by atoms with Gasteiger partial charge in [0.1, 0.15) is 10.0 Å². The molecule has 0 bridgehead atoms. The first-order valence-corrected chi connectivity index (χ1v) is 15.6. The van der Waals surface area contributed by atoms with Crippen LogP contribution in [0, 0.1) is 0 Å². The van der Waals surface area contributed by atoms with Gasteiger partial charge in [-0.1, -0.05) is 29.8 Å². The number of fused-ring (bicyclic) bond motifs is 2. The Kier molecular flexibility index (Phi) is 6.69. The van der Waals surface area contributed by atoms with Gasteiger partial charge in [-0.15, -0.1) is 22.7 Å². The van der Waals surface area contributed by atoms with Crippen LogP contribution in [0.1, 0.15) is 33.6 Å². The zero-order chi connectivity index (χ0) is 26.3. The second-order valence-electron chi connectivity index (χ2n) is 9.00. The molecular weight excluding hydrogens is 558 g/mol. The van der Waals surface area contributed by atoms with E-state index in [0.29, 0.717) is 16.3 Å². The number of halogens is 1. The molecule has 0 saturated heterocycles. The fraction of sp³-hybridized carbons (Fsp3) is 0.143. The maximum atomic E-state index is 13.4. The standard InChI is InChI=1S/C28H22ClN3O3S3/c29-18-12-14-20(15-13-18)38(34,35)32-19-7-5-6-17(16-19)26(33)31-28-25(21-8-1-3-10-23(21)36-28)27-30-22-9-2-4-11-24(22)37-27/h2,4-7,9,11-16,32H,1,3,8,10H2,(H,31,33). The number of hydrogen-bond donors (Lipinski definition) is 2. The van der Waals surface area contributed by atoms with Crippen LogP contribution in [0.3, 0.4) is 0 Å². The van der Waals surface area contributed by atoms with Crippen LogP contribution in [0.2, 0.25) is 5.02 Å². The van der Waals surface area contributed by atoms with Crippen LogP contribution in [0.4, 0.5) is 10.7 Å². The van der Waals surface area contributed by atoms with Gasteiger partial charge in [0.25, 0.3) is 15.9 Å². The van der Waals surface area contributed by atoms with Crippen molar-refractivity contribution in [1.82, 2.24) is 4.98 Å². The lowest BCUT2D eigenvalue weighted by Gasteiger charge is -2.12. The number of carbonyl (C=O) groups excluding carboxylic acids is 1. The third-order valence-corrected chi connectivity index (χ3v) is 10.3. The van der Waals surface area contributed by atoms with Crippen LogP contribution in [-0.4, -0.2) is 19.3 Å². The van der Waals surface area contributed by atoms with Gasteiger partial charge in [0.05, 0.1) is 15.1 Å². The molecular formula is C28H22ClN3O3S3. The van der Waals surface area contributed by atoms with Gasteiger partial charge < -0.3 is 5.32 Å². The van der Waals surface area contributed by atoms with Crippen molar-refractivity contribution in [3.05, 3.63) is 93.8 Å². The Bertz CT molecular complexity index is 1740. The molecule has 0 aliphatic heterocycles. The number of amides is 1. The fourth-order valence-electron chi connectivity index (χ4n) is 4.59. The smallest absolute Gasteiger partial charge is 0.261 e. The highest BCUT2D eigenvalue weighted by atomic mass is 35.5. The van der Waals surface area contributed by atoms with Gasteiger partial charge in [0, 0.05) is 26.7 Å². The van der Waals surface area contributed by atoms with Crippen LogP contribution < -0.4 is 10.0 Å². The van der Waals surface area contributed by atoms with E-state index in [1.807, 2.05) is 18.2 Å². The first-order chi connectivity index (χ1) is 18.4. The van der Waals surface area contributed by atoms with E-state index < -0.39 is 10.0 Å². The molecule has 2 N–H and O–H groups in total. The Hall–Kier alpha value is -3.24. The molecule has 0 saturated carbocycles. The molecule has 192 valence electrons. The lowest BCUT2D eigenvalue weighted by Crippen LogP contribution is -2.15. The Morgan fingerprint density at radius 3 is 2.53 bits per heavy atom. The van der Waals surface area contributed by atoms with Crippen molar-refractivity contribution in [2.24, 2.45) is 0 Å². The van der Waals surface area contributed by atoms with E-state index in [1.165, 1.54) is 40.8 Å². The number of thiazole rings is 1. The van der Waals surface area contributed by atoms with Crippen molar-refractivity contribution in [2.75, 3.05) is 10.0 Å². The first-order valence-electron chi connectivity index (χ1n) is 12.1. The molecule has 3 aromatic carbocycles. The summed E-state index contributed by atoms with van der Waals surface area (Å²) in [4.78, 5) is 19.7. The summed E-state index contributed by atoms with van der Waals surface area (Å²) in [5.74, 6) is -0.307. The number of sulfonamides is 1. The molecule has 0 unspecified atom stereocenters. The quantitative estimate of drug-likeness (QED) is 0.217. The zero-order valence-corrected chi connectivity index (χ0v) is 23.2. The number of nitrogens with one attached hydrogen (secondary N) is 2. The molecule has 5 aromatic rings. The molecule has 38 heavy (non-hydrogen) atoms. The van der Waals surface area contributed by atoms with E-state index in [1.54, 1.807) is 40.9 Å². The van der Waals surface area contributed by atoms with Gasteiger partial charge in [-0.25, -0.2) is 13.4 Å². The Labute approximate surface area is 233 Å². The fourth-order valence-corrected chi connectivity index (χ4v) is 8.16. The molecule has 1 amide bonds. The Morgan fingerprint density at radius 1 is 0.921 bits per heavy atom. The summed E-state index contributed by atoms with van der Waals surface area (Å²) in [5, 5.41) is 5.25. The number of hydrogen-bond acceptors (Lipinski definition) is 6. The summed E-state index contributed by atoms with van der Waals surface area (Å²) in [6, 6.07) is 20.4. The number of thiophene rings is 1. The minimum Gasteiger partial charge on any atom is -0.313 e. The maximum absolute atomic E-state index is 13.4. The highest BCUT2D eigenvalue weighted by molar-refractivity contribution is 7.92. The summed E-state index contributed by atoms with van der Waals surface area (Å²) >= 11 is 9.13. The van der Waals surface area contributed by atoms with Crippen molar-refractivity contribution >= 4 is 71.1 Å². The lowest BCUT2D eigenvalue weighted by molar-refractivity contribution is 0.102.